The lowest BCUT2D eigenvalue weighted by Crippen LogP contribution is -2.54. The summed E-state index contributed by atoms with van der Waals surface area (Å²) in [5.41, 5.74) is 1.64. The van der Waals surface area contributed by atoms with E-state index in [2.05, 4.69) is 20.9 Å². The van der Waals surface area contributed by atoms with Crippen LogP contribution in [-0.4, -0.2) is 39.5 Å². The molecule has 1 aliphatic heterocycles. The van der Waals surface area contributed by atoms with Crippen LogP contribution < -0.4 is 15.5 Å². The Labute approximate surface area is 151 Å². The molecule has 3 rings (SSSR count). The van der Waals surface area contributed by atoms with Crippen LogP contribution in [0.1, 0.15) is 36.8 Å². The second kappa shape index (κ2) is 7.59. The normalized spacial score (nSPS) is 17.4. The van der Waals surface area contributed by atoms with Crippen LogP contribution in [-0.2, 0) is 24.8 Å². The molecule has 1 fully saturated rings. The number of rotatable bonds is 5. The van der Waals surface area contributed by atoms with Crippen molar-refractivity contribution in [2.24, 2.45) is 7.05 Å². The summed E-state index contributed by atoms with van der Waals surface area (Å²) < 4.78 is 6.87. The number of nitrogens with zero attached hydrogens (tertiary/aromatic N) is 4. The molecule has 0 spiro atoms. The molecule has 3 amide bonds. The monoisotopic (exact) mass is 360 g/mol. The zero-order valence-corrected chi connectivity index (χ0v) is 15.3. The van der Waals surface area contributed by atoms with E-state index in [1.54, 1.807) is 28.9 Å². The van der Waals surface area contributed by atoms with Crippen molar-refractivity contribution in [3.05, 3.63) is 29.3 Å². The zero-order chi connectivity index (χ0) is 18.7. The average Bonchev–Trinajstić information content (AvgIpc) is 3.20. The Hall–Kier alpha value is -2.84. The van der Waals surface area contributed by atoms with Crippen molar-refractivity contribution in [2.45, 2.75) is 45.7 Å². The predicted molar refractivity (Wildman–Crippen MR) is 94.6 cm³/mol. The molecule has 2 N–H and O–H groups in total. The summed E-state index contributed by atoms with van der Waals surface area (Å²) in [6.45, 7) is 4.73. The summed E-state index contributed by atoms with van der Waals surface area (Å²) in [7, 11) is 1.80. The number of urea groups is 1. The number of piperidine rings is 1. The number of hydrogen-bond acceptors (Lipinski definition) is 5. The summed E-state index contributed by atoms with van der Waals surface area (Å²) in [6, 6.07) is 0.857. The smallest absolute Gasteiger partial charge is 0.315 e. The van der Waals surface area contributed by atoms with Crippen molar-refractivity contribution in [1.82, 2.24) is 25.6 Å². The first-order valence-electron chi connectivity index (χ1n) is 8.79. The van der Waals surface area contributed by atoms with Crippen molar-refractivity contribution in [2.75, 3.05) is 11.4 Å². The van der Waals surface area contributed by atoms with Gasteiger partial charge >= 0.3 is 6.03 Å². The number of aryl methyl sites for hydroxylation is 3. The topological polar surface area (TPSA) is 105 Å². The third-order valence-corrected chi connectivity index (χ3v) is 4.53. The maximum absolute atomic E-state index is 12.7. The van der Waals surface area contributed by atoms with Gasteiger partial charge in [-0.15, -0.1) is 0 Å². The molecule has 2 aromatic rings. The molecule has 26 heavy (non-hydrogen) atoms. The molecule has 0 radical (unpaired) electrons. The van der Waals surface area contributed by atoms with Crippen LogP contribution in [0, 0.1) is 6.92 Å². The fourth-order valence-corrected chi connectivity index (χ4v) is 3.10. The van der Waals surface area contributed by atoms with Crippen molar-refractivity contribution in [3.8, 4) is 0 Å². The Bertz CT molecular complexity index is 796. The van der Waals surface area contributed by atoms with Gasteiger partial charge in [0.25, 0.3) is 5.91 Å². The van der Waals surface area contributed by atoms with Crippen LogP contribution in [0.4, 0.5) is 10.6 Å². The van der Waals surface area contributed by atoms with E-state index in [4.69, 9.17) is 4.52 Å². The maximum atomic E-state index is 12.7. The van der Waals surface area contributed by atoms with Crippen LogP contribution in [0.5, 0.6) is 0 Å². The number of aromatic nitrogens is 3. The Balaban J connectivity index is 1.58. The van der Waals surface area contributed by atoms with Gasteiger partial charge in [-0.3, -0.25) is 14.4 Å². The Morgan fingerprint density at radius 2 is 2.27 bits per heavy atom. The average molecular weight is 360 g/mol. The molecule has 3 heterocycles. The highest BCUT2D eigenvalue weighted by atomic mass is 16.5. The van der Waals surface area contributed by atoms with Gasteiger partial charge in [-0.2, -0.15) is 5.10 Å². The standard InChI is InChI=1S/C17H24N6O3/c1-4-14-12(11(2)21-26-14)10-18-17(25)19-13-6-5-8-23(16(13)24)15-7-9-22(3)20-15/h7,9,13H,4-6,8,10H2,1-3H3,(H2,18,19,25). The Morgan fingerprint density at radius 1 is 1.46 bits per heavy atom. The molecular formula is C17H24N6O3. The molecule has 1 atom stereocenters. The van der Waals surface area contributed by atoms with Gasteiger partial charge < -0.3 is 15.2 Å². The number of carbonyl (C=O) groups excluding carboxylic acids is 2. The molecule has 0 bridgehead atoms. The lowest BCUT2D eigenvalue weighted by atomic mass is 10.1. The van der Waals surface area contributed by atoms with Gasteiger partial charge in [-0.05, 0) is 19.8 Å². The lowest BCUT2D eigenvalue weighted by molar-refractivity contribution is -0.121. The quantitative estimate of drug-likeness (QED) is 0.835. The van der Waals surface area contributed by atoms with Crippen molar-refractivity contribution >= 4 is 17.8 Å². The second-order valence-electron chi connectivity index (χ2n) is 6.38. The van der Waals surface area contributed by atoms with Gasteiger partial charge in [0.2, 0.25) is 0 Å². The van der Waals surface area contributed by atoms with E-state index < -0.39 is 6.04 Å². The van der Waals surface area contributed by atoms with Gasteiger partial charge in [-0.1, -0.05) is 12.1 Å². The Kier molecular flexibility index (Phi) is 5.24. The molecule has 9 nitrogen and oxygen atoms in total. The third kappa shape index (κ3) is 3.71. The predicted octanol–water partition coefficient (Wildman–Crippen LogP) is 1.27. The first-order valence-corrected chi connectivity index (χ1v) is 8.79. The molecule has 0 aliphatic carbocycles. The van der Waals surface area contributed by atoms with Gasteiger partial charge in [-0.25, -0.2) is 4.79 Å². The number of anilines is 1. The van der Waals surface area contributed by atoms with Crippen LogP contribution >= 0.6 is 0 Å². The number of hydrogen-bond donors (Lipinski definition) is 2. The van der Waals surface area contributed by atoms with E-state index in [-0.39, 0.29) is 11.9 Å². The van der Waals surface area contributed by atoms with E-state index in [0.29, 0.717) is 31.7 Å². The summed E-state index contributed by atoms with van der Waals surface area (Å²) in [4.78, 5) is 26.5. The number of nitrogens with one attached hydrogen (secondary N) is 2. The van der Waals surface area contributed by atoms with Crippen LogP contribution in [0.15, 0.2) is 16.8 Å². The lowest BCUT2D eigenvalue weighted by Gasteiger charge is -2.31. The van der Waals surface area contributed by atoms with Crippen molar-refractivity contribution in [3.63, 3.8) is 0 Å². The van der Waals surface area contributed by atoms with Crippen molar-refractivity contribution in [1.29, 1.82) is 0 Å². The minimum atomic E-state index is -0.556. The van der Waals surface area contributed by atoms with Gasteiger partial charge in [0.15, 0.2) is 5.82 Å². The van der Waals surface area contributed by atoms with Gasteiger partial charge in [0.05, 0.1) is 5.69 Å². The van der Waals surface area contributed by atoms with E-state index in [0.717, 1.165) is 23.4 Å². The summed E-state index contributed by atoms with van der Waals surface area (Å²) >= 11 is 0. The zero-order valence-electron chi connectivity index (χ0n) is 15.3. The van der Waals surface area contributed by atoms with Crippen LogP contribution in [0.2, 0.25) is 0 Å². The van der Waals surface area contributed by atoms with E-state index >= 15 is 0 Å². The molecule has 0 aromatic carbocycles. The highest BCUT2D eigenvalue weighted by molar-refractivity contribution is 5.99. The van der Waals surface area contributed by atoms with E-state index in [9.17, 15) is 9.59 Å². The largest absolute Gasteiger partial charge is 0.361 e. The number of carbonyl (C=O) groups is 2. The minimum Gasteiger partial charge on any atom is -0.361 e. The van der Waals surface area contributed by atoms with Gasteiger partial charge in [0, 0.05) is 44.4 Å². The Morgan fingerprint density at radius 3 is 2.96 bits per heavy atom. The molecular weight excluding hydrogens is 336 g/mol. The number of amides is 3. The van der Waals surface area contributed by atoms with Gasteiger partial charge in [0.1, 0.15) is 11.8 Å². The third-order valence-electron chi connectivity index (χ3n) is 4.53. The summed E-state index contributed by atoms with van der Waals surface area (Å²) in [5.74, 6) is 1.23. The highest BCUT2D eigenvalue weighted by Gasteiger charge is 2.31. The van der Waals surface area contributed by atoms with Crippen LogP contribution in [0.3, 0.4) is 0 Å². The summed E-state index contributed by atoms with van der Waals surface area (Å²) in [6.07, 6.45) is 3.92. The fourth-order valence-electron chi connectivity index (χ4n) is 3.10. The molecule has 140 valence electrons. The molecule has 0 saturated carbocycles. The highest BCUT2D eigenvalue weighted by Crippen LogP contribution is 2.19. The fraction of sp³-hybridized carbons (Fsp3) is 0.529. The molecule has 9 heteroatoms. The summed E-state index contributed by atoms with van der Waals surface area (Å²) in [5, 5.41) is 13.7. The first-order chi connectivity index (χ1) is 12.5. The first kappa shape index (κ1) is 18.0. The second-order valence-corrected chi connectivity index (χ2v) is 6.38. The molecule has 1 saturated heterocycles. The maximum Gasteiger partial charge on any atom is 0.315 e. The molecule has 1 aliphatic rings. The van der Waals surface area contributed by atoms with E-state index in [1.807, 2.05) is 13.8 Å². The minimum absolute atomic E-state index is 0.138. The molecule has 1 unspecified atom stereocenters. The SMILES string of the molecule is CCc1onc(C)c1CNC(=O)NC1CCCN(c2ccn(C)n2)C1=O. The van der Waals surface area contributed by atoms with E-state index in [1.165, 1.54) is 0 Å². The van der Waals surface area contributed by atoms with Crippen LogP contribution in [0.25, 0.3) is 0 Å². The van der Waals surface area contributed by atoms with Crippen molar-refractivity contribution < 1.29 is 14.1 Å². The molecule has 2 aromatic heterocycles.